The number of aliphatic hydroxyl groups excluding tert-OH is 2. The molecular formula is C13H17NO6S. The van der Waals surface area contributed by atoms with Crippen molar-refractivity contribution >= 4 is 29.0 Å². The van der Waals surface area contributed by atoms with Crippen LogP contribution in [0.4, 0.5) is 0 Å². The molecule has 0 saturated carbocycles. The number of nitrogens with one attached hydrogen (secondary N) is 1. The van der Waals surface area contributed by atoms with Gasteiger partial charge in [-0.3, -0.25) is 9.59 Å². The zero-order valence-electron chi connectivity index (χ0n) is 11.7. The van der Waals surface area contributed by atoms with E-state index in [-0.39, 0.29) is 23.9 Å². The van der Waals surface area contributed by atoms with Gasteiger partial charge in [0, 0.05) is 18.3 Å². The van der Waals surface area contributed by atoms with Crippen LogP contribution in [0, 0.1) is 0 Å². The number of aliphatic hydroxyl groups is 2. The molecule has 2 atom stereocenters. The second kappa shape index (κ2) is 7.87. The van der Waals surface area contributed by atoms with E-state index in [0.717, 1.165) is 11.3 Å². The smallest absolute Gasteiger partial charge is 0.380 e. The van der Waals surface area contributed by atoms with Gasteiger partial charge in [0.25, 0.3) is 5.78 Å². The van der Waals surface area contributed by atoms with Crippen LogP contribution in [0.25, 0.3) is 0 Å². The fourth-order valence-electron chi connectivity index (χ4n) is 1.48. The predicted molar refractivity (Wildman–Crippen MR) is 74.9 cm³/mol. The minimum Gasteiger partial charge on any atom is -0.460 e. The molecule has 1 rings (SSSR count). The van der Waals surface area contributed by atoms with Gasteiger partial charge in [-0.15, -0.1) is 11.3 Å². The van der Waals surface area contributed by atoms with Crippen LogP contribution in [-0.2, 0) is 14.3 Å². The molecule has 0 radical (unpaired) electrons. The number of ether oxygens (including phenoxy) is 1. The molecule has 1 aromatic rings. The maximum absolute atomic E-state index is 11.7. The van der Waals surface area contributed by atoms with Crippen molar-refractivity contribution in [1.82, 2.24) is 5.32 Å². The highest BCUT2D eigenvalue weighted by molar-refractivity contribution is 7.14. The summed E-state index contributed by atoms with van der Waals surface area (Å²) in [6, 6.07) is 2.83. The summed E-state index contributed by atoms with van der Waals surface area (Å²) in [7, 11) is 0. The number of rotatable bonds is 7. The van der Waals surface area contributed by atoms with Crippen molar-refractivity contribution in [3.8, 4) is 0 Å². The van der Waals surface area contributed by atoms with E-state index in [2.05, 4.69) is 10.1 Å². The summed E-state index contributed by atoms with van der Waals surface area (Å²) in [5, 5.41) is 22.0. The summed E-state index contributed by atoms with van der Waals surface area (Å²) < 4.78 is 4.60. The molecule has 1 aromatic heterocycles. The normalized spacial score (nSPS) is 13.3. The van der Waals surface area contributed by atoms with Crippen LogP contribution in [0.5, 0.6) is 0 Å². The molecule has 3 N–H and O–H groups in total. The van der Waals surface area contributed by atoms with E-state index in [1.807, 2.05) is 0 Å². The van der Waals surface area contributed by atoms with Crippen molar-refractivity contribution < 1.29 is 29.3 Å². The Kier molecular flexibility index (Phi) is 6.47. The zero-order chi connectivity index (χ0) is 16.0. The summed E-state index contributed by atoms with van der Waals surface area (Å²) in [6.45, 7) is 2.87. The van der Waals surface area contributed by atoms with Crippen LogP contribution >= 0.6 is 11.3 Å². The Hall–Kier alpha value is -1.77. The third-order valence-electron chi connectivity index (χ3n) is 2.53. The standard InChI is InChI=1S/C13H17NO6S/c1-3-20-13(19)12(18)10-5-4-9(21-10)11(17)8(16)6-14-7(2)15/h4-5,8,11,16-17H,3,6H2,1-2H3,(H,14,15). The van der Waals surface area contributed by atoms with Crippen molar-refractivity contribution in [3.05, 3.63) is 21.9 Å². The van der Waals surface area contributed by atoms with Crippen LogP contribution in [-0.4, -0.2) is 47.1 Å². The highest BCUT2D eigenvalue weighted by Gasteiger charge is 2.24. The van der Waals surface area contributed by atoms with Gasteiger partial charge in [0.05, 0.1) is 11.5 Å². The molecule has 116 valence electrons. The fraction of sp³-hybridized carbons (Fsp3) is 0.462. The van der Waals surface area contributed by atoms with Crippen molar-refractivity contribution in [2.45, 2.75) is 26.1 Å². The van der Waals surface area contributed by atoms with Gasteiger partial charge >= 0.3 is 5.97 Å². The van der Waals surface area contributed by atoms with Gasteiger partial charge in [-0.05, 0) is 19.1 Å². The van der Waals surface area contributed by atoms with Crippen molar-refractivity contribution in [1.29, 1.82) is 0 Å². The predicted octanol–water partition coefficient (Wildman–Crippen LogP) is 0.0243. The largest absolute Gasteiger partial charge is 0.460 e. The van der Waals surface area contributed by atoms with Crippen LogP contribution in [0.3, 0.4) is 0 Å². The van der Waals surface area contributed by atoms with Crippen LogP contribution < -0.4 is 5.32 Å². The Morgan fingerprint density at radius 2 is 2.00 bits per heavy atom. The van der Waals surface area contributed by atoms with Crippen LogP contribution in [0.15, 0.2) is 12.1 Å². The molecule has 0 aliphatic rings. The molecular weight excluding hydrogens is 298 g/mol. The molecule has 0 bridgehead atoms. The first kappa shape index (κ1) is 17.3. The number of Topliss-reactive ketones (excluding diaryl/α,β-unsaturated/α-hetero) is 1. The van der Waals surface area contributed by atoms with Crippen molar-refractivity contribution in [2.75, 3.05) is 13.2 Å². The first-order valence-electron chi connectivity index (χ1n) is 6.28. The highest BCUT2D eigenvalue weighted by Crippen LogP contribution is 2.26. The third kappa shape index (κ3) is 4.92. The Balaban J connectivity index is 2.71. The molecule has 0 spiro atoms. The SMILES string of the molecule is CCOC(=O)C(=O)c1ccc(C(O)C(O)CNC(C)=O)s1. The Morgan fingerprint density at radius 1 is 1.33 bits per heavy atom. The maximum atomic E-state index is 11.7. The number of hydrogen-bond acceptors (Lipinski definition) is 7. The van der Waals surface area contributed by atoms with E-state index in [9.17, 15) is 24.6 Å². The number of ketones is 1. The fourth-order valence-corrected chi connectivity index (χ4v) is 2.46. The number of carbonyl (C=O) groups is 3. The maximum Gasteiger partial charge on any atom is 0.380 e. The lowest BCUT2D eigenvalue weighted by Gasteiger charge is -2.16. The van der Waals surface area contributed by atoms with Crippen molar-refractivity contribution in [3.63, 3.8) is 0 Å². The number of carbonyl (C=O) groups excluding carboxylic acids is 3. The number of esters is 1. The van der Waals surface area contributed by atoms with E-state index >= 15 is 0 Å². The average molecular weight is 315 g/mol. The molecule has 21 heavy (non-hydrogen) atoms. The summed E-state index contributed by atoms with van der Waals surface area (Å²) in [6.07, 6.45) is -2.47. The summed E-state index contributed by atoms with van der Waals surface area (Å²) in [4.78, 5) is 34.2. The van der Waals surface area contributed by atoms with Gasteiger partial charge < -0.3 is 20.3 Å². The molecule has 0 aliphatic heterocycles. The molecule has 1 heterocycles. The zero-order valence-corrected chi connectivity index (χ0v) is 12.5. The molecule has 0 aromatic carbocycles. The molecule has 2 unspecified atom stereocenters. The van der Waals surface area contributed by atoms with E-state index < -0.39 is 24.0 Å². The lowest BCUT2D eigenvalue weighted by Crippen LogP contribution is -2.33. The summed E-state index contributed by atoms with van der Waals surface area (Å²) >= 11 is 0.893. The van der Waals surface area contributed by atoms with Gasteiger partial charge in [0.1, 0.15) is 12.2 Å². The molecule has 8 heteroatoms. The van der Waals surface area contributed by atoms with Gasteiger partial charge in [0.15, 0.2) is 0 Å². The first-order chi connectivity index (χ1) is 9.86. The molecule has 1 amide bonds. The first-order valence-corrected chi connectivity index (χ1v) is 7.10. The summed E-state index contributed by atoms with van der Waals surface area (Å²) in [5.74, 6) is -2.08. The van der Waals surface area contributed by atoms with Gasteiger partial charge in [-0.2, -0.15) is 0 Å². The minimum absolute atomic E-state index is 0.0981. The lowest BCUT2D eigenvalue weighted by atomic mass is 10.1. The van der Waals surface area contributed by atoms with Gasteiger partial charge in [-0.25, -0.2) is 4.79 Å². The molecule has 0 saturated heterocycles. The van der Waals surface area contributed by atoms with Gasteiger partial charge in [0.2, 0.25) is 5.91 Å². The summed E-state index contributed by atoms with van der Waals surface area (Å²) in [5.41, 5.74) is 0. The molecule has 0 aliphatic carbocycles. The quantitative estimate of drug-likeness (QED) is 0.371. The second-order valence-corrected chi connectivity index (χ2v) is 5.32. The average Bonchev–Trinajstić information content (AvgIpc) is 2.92. The topological polar surface area (TPSA) is 113 Å². The van der Waals surface area contributed by atoms with E-state index in [1.165, 1.54) is 19.1 Å². The monoisotopic (exact) mass is 315 g/mol. The number of hydrogen-bond donors (Lipinski definition) is 3. The highest BCUT2D eigenvalue weighted by atomic mass is 32.1. The molecule has 7 nitrogen and oxygen atoms in total. The minimum atomic E-state index is -1.26. The van der Waals surface area contributed by atoms with E-state index in [4.69, 9.17) is 0 Å². The van der Waals surface area contributed by atoms with Crippen LogP contribution in [0.2, 0.25) is 0 Å². The second-order valence-electron chi connectivity index (χ2n) is 4.20. The Bertz CT molecular complexity index is 526. The Morgan fingerprint density at radius 3 is 2.57 bits per heavy atom. The molecule has 0 fully saturated rings. The van der Waals surface area contributed by atoms with E-state index in [1.54, 1.807) is 6.92 Å². The number of thiophene rings is 1. The van der Waals surface area contributed by atoms with Crippen LogP contribution in [0.1, 0.15) is 34.5 Å². The third-order valence-corrected chi connectivity index (χ3v) is 3.68. The van der Waals surface area contributed by atoms with Crippen molar-refractivity contribution in [2.24, 2.45) is 0 Å². The van der Waals surface area contributed by atoms with Gasteiger partial charge in [-0.1, -0.05) is 0 Å². The lowest BCUT2D eigenvalue weighted by molar-refractivity contribution is -0.137. The Labute approximate surface area is 125 Å². The number of amides is 1. The van der Waals surface area contributed by atoms with E-state index in [0.29, 0.717) is 4.88 Å².